The lowest BCUT2D eigenvalue weighted by molar-refractivity contribution is 0.0602. The van der Waals surface area contributed by atoms with Gasteiger partial charge in [0.2, 0.25) is 10.0 Å². The summed E-state index contributed by atoms with van der Waals surface area (Å²) in [7, 11) is -2.67. The van der Waals surface area contributed by atoms with Gasteiger partial charge < -0.3 is 10.5 Å². The molecule has 1 aromatic carbocycles. The Morgan fingerprint density at radius 3 is 2.44 bits per heavy atom. The third-order valence-corrected chi connectivity index (χ3v) is 6.98. The number of benzene rings is 1. The highest BCUT2D eigenvalue weighted by atomic mass is 35.5. The van der Waals surface area contributed by atoms with Gasteiger partial charge in [0.1, 0.15) is 9.77 Å². The zero-order valence-corrected chi connectivity index (χ0v) is 16.8. The molecule has 2 rings (SSSR count). The lowest BCUT2D eigenvalue weighted by atomic mass is 9.95. The van der Waals surface area contributed by atoms with Gasteiger partial charge in [0.05, 0.1) is 7.11 Å². The molecule has 9 heteroatoms. The summed E-state index contributed by atoms with van der Waals surface area (Å²) in [5.74, 6) is -0.665. The molecule has 0 radical (unpaired) electrons. The molecule has 0 aliphatic carbocycles. The van der Waals surface area contributed by atoms with Crippen molar-refractivity contribution < 1.29 is 17.9 Å². The SMILES string of the molecule is CCC(N)(CC)CNS(=O)(=O)c1c(C(=O)OC)sc2ccccc12.Cl. The maximum atomic E-state index is 12.9. The number of ether oxygens (including phenoxy) is 1. The van der Waals surface area contributed by atoms with Crippen LogP contribution in [0.25, 0.3) is 10.1 Å². The largest absolute Gasteiger partial charge is 0.465 e. The molecule has 0 aliphatic heterocycles. The third-order valence-electron chi connectivity index (χ3n) is 4.21. The van der Waals surface area contributed by atoms with Gasteiger partial charge in [0.15, 0.2) is 0 Å². The third kappa shape index (κ3) is 4.51. The van der Waals surface area contributed by atoms with E-state index in [4.69, 9.17) is 10.5 Å². The quantitative estimate of drug-likeness (QED) is 0.689. The van der Waals surface area contributed by atoms with Crippen molar-refractivity contribution in [1.82, 2.24) is 4.72 Å². The van der Waals surface area contributed by atoms with Crippen molar-refractivity contribution in [3.63, 3.8) is 0 Å². The lowest BCUT2D eigenvalue weighted by Crippen LogP contribution is -2.49. The summed E-state index contributed by atoms with van der Waals surface area (Å²) in [4.78, 5) is 12.1. The summed E-state index contributed by atoms with van der Waals surface area (Å²) in [6.45, 7) is 3.93. The normalized spacial score (nSPS) is 12.0. The Morgan fingerprint density at radius 2 is 1.88 bits per heavy atom. The molecule has 0 amide bonds. The first kappa shape index (κ1) is 21.9. The van der Waals surface area contributed by atoms with Crippen LogP contribution in [0.3, 0.4) is 0 Å². The number of methoxy groups -OCH3 is 1. The lowest BCUT2D eigenvalue weighted by Gasteiger charge is -2.26. The van der Waals surface area contributed by atoms with E-state index in [0.29, 0.717) is 22.9 Å². The molecule has 3 N–H and O–H groups in total. The fourth-order valence-corrected chi connectivity index (χ4v) is 5.28. The molecule has 140 valence electrons. The molecule has 0 atom stereocenters. The number of fused-ring (bicyclic) bond motifs is 1. The summed E-state index contributed by atoms with van der Waals surface area (Å²) in [6.07, 6.45) is 1.28. The van der Waals surface area contributed by atoms with Crippen LogP contribution in [0.5, 0.6) is 0 Å². The first-order valence-electron chi connectivity index (χ1n) is 7.66. The van der Waals surface area contributed by atoms with E-state index in [1.54, 1.807) is 24.3 Å². The molecule has 0 aliphatic rings. The number of rotatable bonds is 7. The van der Waals surface area contributed by atoms with Crippen LogP contribution in [0.2, 0.25) is 0 Å². The highest BCUT2D eigenvalue weighted by molar-refractivity contribution is 7.90. The fraction of sp³-hybridized carbons (Fsp3) is 0.438. The minimum absolute atomic E-state index is 0. The number of hydrogen-bond donors (Lipinski definition) is 2. The molecule has 0 spiro atoms. The van der Waals surface area contributed by atoms with Crippen molar-refractivity contribution >= 4 is 49.8 Å². The van der Waals surface area contributed by atoms with Gasteiger partial charge >= 0.3 is 5.97 Å². The maximum Gasteiger partial charge on any atom is 0.349 e. The smallest absolute Gasteiger partial charge is 0.349 e. The van der Waals surface area contributed by atoms with Crippen molar-refractivity contribution in [3.8, 4) is 0 Å². The summed E-state index contributed by atoms with van der Waals surface area (Å²) in [5, 5.41) is 0.506. The number of carbonyl (C=O) groups excluding carboxylic acids is 1. The summed E-state index contributed by atoms with van der Waals surface area (Å²) >= 11 is 1.10. The molecular formula is C16H23ClN2O4S2. The average molecular weight is 407 g/mol. The van der Waals surface area contributed by atoms with E-state index in [2.05, 4.69) is 4.72 Å². The summed E-state index contributed by atoms with van der Waals surface area (Å²) < 4.78 is 33.7. The molecular weight excluding hydrogens is 384 g/mol. The number of halogens is 1. The number of carbonyl (C=O) groups is 1. The van der Waals surface area contributed by atoms with Crippen molar-refractivity contribution in [1.29, 1.82) is 0 Å². The predicted molar refractivity (Wildman–Crippen MR) is 103 cm³/mol. The van der Waals surface area contributed by atoms with Crippen molar-refractivity contribution in [2.45, 2.75) is 37.1 Å². The van der Waals surface area contributed by atoms with Crippen molar-refractivity contribution in [3.05, 3.63) is 29.1 Å². The Hall–Kier alpha value is -1.19. The fourth-order valence-electron chi connectivity index (χ4n) is 2.33. The van der Waals surface area contributed by atoms with E-state index < -0.39 is 21.5 Å². The van der Waals surface area contributed by atoms with Gasteiger partial charge in [-0.05, 0) is 18.9 Å². The van der Waals surface area contributed by atoms with Gasteiger partial charge in [-0.15, -0.1) is 23.7 Å². The monoisotopic (exact) mass is 406 g/mol. The second-order valence-electron chi connectivity index (χ2n) is 5.64. The van der Waals surface area contributed by atoms with E-state index in [-0.39, 0.29) is 28.7 Å². The summed E-state index contributed by atoms with van der Waals surface area (Å²) in [6, 6.07) is 6.99. The van der Waals surface area contributed by atoms with Crippen LogP contribution in [0.4, 0.5) is 0 Å². The molecule has 1 aromatic heterocycles. The van der Waals surface area contributed by atoms with Crippen LogP contribution in [0.1, 0.15) is 36.4 Å². The van der Waals surface area contributed by atoms with Gasteiger partial charge in [-0.2, -0.15) is 0 Å². The van der Waals surface area contributed by atoms with Gasteiger partial charge in [0, 0.05) is 22.2 Å². The van der Waals surface area contributed by atoms with E-state index in [9.17, 15) is 13.2 Å². The first-order chi connectivity index (χ1) is 11.3. The number of thiophene rings is 1. The number of hydrogen-bond acceptors (Lipinski definition) is 6. The minimum atomic E-state index is -3.90. The van der Waals surface area contributed by atoms with Crippen LogP contribution in [0, 0.1) is 0 Å². The average Bonchev–Trinajstić information content (AvgIpc) is 2.99. The minimum Gasteiger partial charge on any atom is -0.465 e. The van der Waals surface area contributed by atoms with Crippen molar-refractivity contribution in [2.24, 2.45) is 5.73 Å². The zero-order valence-electron chi connectivity index (χ0n) is 14.4. The molecule has 0 saturated carbocycles. The van der Waals surface area contributed by atoms with Gasteiger partial charge in [-0.3, -0.25) is 0 Å². The maximum absolute atomic E-state index is 12.9. The van der Waals surface area contributed by atoms with Gasteiger partial charge in [0.25, 0.3) is 0 Å². The Kier molecular flexibility index (Phi) is 7.40. The van der Waals surface area contributed by atoms with Gasteiger partial charge in [-0.25, -0.2) is 17.9 Å². The standard InChI is InChI=1S/C16H22N2O4S2.ClH/c1-4-16(17,5-2)10-18-24(20,21)14-11-8-6-7-9-12(11)23-13(14)15(19)22-3;/h6-9,18H,4-5,10,17H2,1-3H3;1H. The van der Waals surface area contributed by atoms with Crippen LogP contribution in [-0.4, -0.2) is 33.6 Å². The number of esters is 1. The van der Waals surface area contributed by atoms with Crippen LogP contribution < -0.4 is 10.5 Å². The van der Waals surface area contributed by atoms with Crippen LogP contribution in [-0.2, 0) is 14.8 Å². The predicted octanol–water partition coefficient (Wildman–Crippen LogP) is 2.91. The first-order valence-corrected chi connectivity index (χ1v) is 9.96. The van der Waals surface area contributed by atoms with E-state index >= 15 is 0 Å². The van der Waals surface area contributed by atoms with Gasteiger partial charge in [-0.1, -0.05) is 32.0 Å². The Labute approximate surface area is 158 Å². The Balaban J connectivity index is 0.00000312. The second-order valence-corrected chi connectivity index (χ2v) is 8.40. The molecule has 0 saturated heterocycles. The van der Waals surface area contributed by atoms with Crippen molar-refractivity contribution in [2.75, 3.05) is 13.7 Å². The summed E-state index contributed by atoms with van der Waals surface area (Å²) in [5.41, 5.74) is 5.56. The molecule has 6 nitrogen and oxygen atoms in total. The van der Waals surface area contributed by atoms with Crippen LogP contribution >= 0.6 is 23.7 Å². The Morgan fingerprint density at radius 1 is 1.28 bits per heavy atom. The van der Waals surface area contributed by atoms with E-state index in [1.165, 1.54) is 7.11 Å². The molecule has 25 heavy (non-hydrogen) atoms. The van der Waals surface area contributed by atoms with E-state index in [1.807, 2.05) is 13.8 Å². The topological polar surface area (TPSA) is 98.5 Å². The number of nitrogens with one attached hydrogen (secondary N) is 1. The van der Waals surface area contributed by atoms with E-state index in [0.717, 1.165) is 11.3 Å². The highest BCUT2D eigenvalue weighted by Crippen LogP contribution is 2.35. The molecule has 0 unspecified atom stereocenters. The van der Waals surface area contributed by atoms with Crippen LogP contribution in [0.15, 0.2) is 29.2 Å². The second kappa shape index (κ2) is 8.46. The Bertz CT molecular complexity index is 845. The molecule has 2 aromatic rings. The molecule has 0 bridgehead atoms. The number of nitrogens with two attached hydrogens (primary N) is 1. The highest BCUT2D eigenvalue weighted by Gasteiger charge is 2.31. The zero-order chi connectivity index (χ0) is 18.0. The molecule has 0 fully saturated rings. The number of sulfonamides is 1. The molecule has 1 heterocycles.